The Hall–Kier alpha value is -2.08. The lowest BCUT2D eigenvalue weighted by Gasteiger charge is -2.08. The van der Waals surface area contributed by atoms with Crippen LogP contribution in [0.25, 0.3) is 0 Å². The summed E-state index contributed by atoms with van der Waals surface area (Å²) in [4.78, 5) is 12.4. The van der Waals surface area contributed by atoms with Crippen molar-refractivity contribution in [3.63, 3.8) is 0 Å². The first-order valence-electron chi connectivity index (χ1n) is 6.06. The van der Waals surface area contributed by atoms with Gasteiger partial charge in [0.1, 0.15) is 18.2 Å². The number of hydrogen-bond donors (Lipinski definition) is 2. The summed E-state index contributed by atoms with van der Waals surface area (Å²) in [5.74, 6) is 1.75. The van der Waals surface area contributed by atoms with Gasteiger partial charge in [0.2, 0.25) is 5.90 Å². The fourth-order valence-electron chi connectivity index (χ4n) is 1.77. The van der Waals surface area contributed by atoms with E-state index >= 15 is 0 Å². The molecule has 0 bridgehead atoms. The Morgan fingerprint density at radius 1 is 1.47 bits per heavy atom. The van der Waals surface area contributed by atoms with Gasteiger partial charge in [-0.1, -0.05) is 0 Å². The van der Waals surface area contributed by atoms with Crippen molar-refractivity contribution in [3.05, 3.63) is 23.8 Å². The second kappa shape index (κ2) is 6.19. The Morgan fingerprint density at radius 3 is 3.00 bits per heavy atom. The third kappa shape index (κ3) is 3.96. The van der Waals surface area contributed by atoms with Gasteiger partial charge >= 0.3 is 0 Å². The number of benzene rings is 1. The van der Waals surface area contributed by atoms with E-state index in [4.69, 9.17) is 9.99 Å². The summed E-state index contributed by atoms with van der Waals surface area (Å²) < 4.78 is 5.66. The Morgan fingerprint density at radius 2 is 2.32 bits per heavy atom. The molecular weight excluding hydrogens is 246 g/mol. The zero-order valence-electron chi connectivity index (χ0n) is 11.0. The number of hydrogen-bond acceptors (Lipinski definition) is 6. The van der Waals surface area contributed by atoms with Gasteiger partial charge in [-0.2, -0.15) is 0 Å². The molecule has 0 atom stereocenters. The molecule has 0 unspecified atom stereocenters. The molecule has 0 fully saturated rings. The van der Waals surface area contributed by atoms with E-state index in [9.17, 15) is 0 Å². The predicted molar refractivity (Wildman–Crippen MR) is 73.5 cm³/mol. The van der Waals surface area contributed by atoms with Crippen LogP contribution in [0.3, 0.4) is 0 Å². The minimum atomic E-state index is 0.179. The van der Waals surface area contributed by atoms with E-state index in [2.05, 4.69) is 20.2 Å². The van der Waals surface area contributed by atoms with Gasteiger partial charge in [0, 0.05) is 19.5 Å². The van der Waals surface area contributed by atoms with Crippen molar-refractivity contribution >= 4 is 17.4 Å². The summed E-state index contributed by atoms with van der Waals surface area (Å²) in [6.07, 6.45) is 0. The fraction of sp³-hybridized carbons (Fsp3) is 0.385. The number of rotatable bonds is 4. The molecule has 1 aromatic carbocycles. The number of nitrogens with zero attached hydrogens (tertiary/aromatic N) is 2. The predicted octanol–water partition coefficient (Wildman–Crippen LogP) is 1.92. The van der Waals surface area contributed by atoms with Crippen molar-refractivity contribution in [3.8, 4) is 5.75 Å². The first kappa shape index (κ1) is 13.4. The summed E-state index contributed by atoms with van der Waals surface area (Å²) >= 11 is 0. The molecule has 1 aliphatic heterocycles. The maximum Gasteiger partial charge on any atom is 0.229 e. The van der Waals surface area contributed by atoms with Crippen molar-refractivity contribution < 1.29 is 14.9 Å². The first-order chi connectivity index (χ1) is 9.17. The van der Waals surface area contributed by atoms with Crippen LogP contribution in [-0.2, 0) is 4.89 Å². The van der Waals surface area contributed by atoms with Crippen LogP contribution in [0.1, 0.15) is 12.5 Å². The van der Waals surface area contributed by atoms with Crippen molar-refractivity contribution in [2.75, 3.05) is 19.7 Å². The summed E-state index contributed by atoms with van der Waals surface area (Å²) in [6.45, 7) is 5.61. The molecule has 0 amide bonds. The maximum atomic E-state index is 8.50. The second-order valence-corrected chi connectivity index (χ2v) is 4.27. The van der Waals surface area contributed by atoms with Crippen molar-refractivity contribution in [2.24, 2.45) is 9.98 Å². The van der Waals surface area contributed by atoms with Crippen LogP contribution < -0.4 is 10.1 Å². The molecule has 0 aromatic heterocycles. The molecule has 0 saturated heterocycles. The third-order valence-electron chi connectivity index (χ3n) is 2.57. The van der Waals surface area contributed by atoms with Crippen LogP contribution in [0.15, 0.2) is 28.2 Å². The van der Waals surface area contributed by atoms with Gasteiger partial charge in [-0.15, -0.1) is 0 Å². The molecule has 19 heavy (non-hydrogen) atoms. The lowest BCUT2D eigenvalue weighted by Crippen LogP contribution is -2.24. The van der Waals surface area contributed by atoms with Crippen molar-refractivity contribution in [2.45, 2.75) is 13.8 Å². The summed E-state index contributed by atoms with van der Waals surface area (Å²) in [5.41, 5.74) is 1.69. The largest absolute Gasteiger partial charge is 0.486 e. The van der Waals surface area contributed by atoms with Crippen LogP contribution in [0, 0.1) is 6.92 Å². The number of ether oxygens (including phenoxy) is 1. The molecule has 2 N–H and O–H groups in total. The van der Waals surface area contributed by atoms with Crippen LogP contribution in [0.5, 0.6) is 5.75 Å². The zero-order chi connectivity index (χ0) is 13.7. The average molecular weight is 263 g/mol. The van der Waals surface area contributed by atoms with Gasteiger partial charge in [0.15, 0.2) is 0 Å². The average Bonchev–Trinajstić information content (AvgIpc) is 2.88. The minimum Gasteiger partial charge on any atom is -0.486 e. The quantitative estimate of drug-likeness (QED) is 0.376. The summed E-state index contributed by atoms with van der Waals surface area (Å²) in [6, 6.07) is 5.58. The standard InChI is InChI=1S/C13H17N3O3/c1-9-5-11(16-10(2)19-17)7-12(6-9)18-8-13-14-3-4-15-13/h5-7,17H,3-4,8H2,1-2H3,(H,14,15). The molecule has 1 aliphatic rings. The molecule has 2 rings (SSSR count). The van der Waals surface area contributed by atoms with Crippen LogP contribution in [0.2, 0.25) is 0 Å². The van der Waals surface area contributed by atoms with E-state index in [0.29, 0.717) is 18.0 Å². The maximum absolute atomic E-state index is 8.50. The summed E-state index contributed by atoms with van der Waals surface area (Å²) in [5, 5.41) is 11.6. The van der Waals surface area contributed by atoms with Gasteiger partial charge in [-0.25, -0.2) is 10.2 Å². The molecular formula is C13H17N3O3. The normalized spacial score (nSPS) is 14.9. The summed E-state index contributed by atoms with van der Waals surface area (Å²) in [7, 11) is 0. The molecule has 6 nitrogen and oxygen atoms in total. The fourth-order valence-corrected chi connectivity index (χ4v) is 1.77. The van der Waals surface area contributed by atoms with Crippen LogP contribution >= 0.6 is 0 Å². The Bertz CT molecular complexity index is 512. The highest BCUT2D eigenvalue weighted by Crippen LogP contribution is 2.23. The molecule has 0 aliphatic carbocycles. The lowest BCUT2D eigenvalue weighted by atomic mass is 10.2. The third-order valence-corrected chi connectivity index (χ3v) is 2.57. The second-order valence-electron chi connectivity index (χ2n) is 4.27. The number of amidine groups is 1. The topological polar surface area (TPSA) is 75.4 Å². The smallest absolute Gasteiger partial charge is 0.229 e. The van der Waals surface area contributed by atoms with E-state index in [0.717, 1.165) is 24.5 Å². The SMILES string of the molecule is CC(=Nc1cc(C)cc(OCC2=NCCN2)c1)OO. The zero-order valence-corrected chi connectivity index (χ0v) is 11.0. The van der Waals surface area contributed by atoms with Crippen molar-refractivity contribution in [1.29, 1.82) is 0 Å². The van der Waals surface area contributed by atoms with E-state index in [1.807, 2.05) is 19.1 Å². The molecule has 1 aromatic rings. The minimum absolute atomic E-state index is 0.179. The van der Waals surface area contributed by atoms with Gasteiger partial charge in [-0.3, -0.25) is 4.99 Å². The molecule has 102 valence electrons. The molecule has 0 saturated carbocycles. The van der Waals surface area contributed by atoms with Crippen molar-refractivity contribution in [1.82, 2.24) is 5.32 Å². The van der Waals surface area contributed by atoms with Gasteiger partial charge in [-0.05, 0) is 24.6 Å². The lowest BCUT2D eigenvalue weighted by molar-refractivity contribution is -0.155. The van der Waals surface area contributed by atoms with Gasteiger partial charge < -0.3 is 14.9 Å². The van der Waals surface area contributed by atoms with E-state index in [1.54, 1.807) is 13.0 Å². The number of aliphatic imine (C=N–C) groups is 2. The van der Waals surface area contributed by atoms with E-state index < -0.39 is 0 Å². The highest BCUT2D eigenvalue weighted by Gasteiger charge is 2.06. The first-order valence-corrected chi connectivity index (χ1v) is 6.06. The Balaban J connectivity index is 2.07. The molecule has 0 radical (unpaired) electrons. The van der Waals surface area contributed by atoms with E-state index in [1.165, 1.54) is 0 Å². The van der Waals surface area contributed by atoms with Gasteiger partial charge in [0.25, 0.3) is 0 Å². The highest BCUT2D eigenvalue weighted by molar-refractivity contribution is 5.85. The Labute approximate surface area is 111 Å². The number of aryl methyl sites for hydroxylation is 1. The molecule has 0 spiro atoms. The van der Waals surface area contributed by atoms with Crippen LogP contribution in [0.4, 0.5) is 5.69 Å². The number of nitrogens with one attached hydrogen (secondary N) is 1. The van der Waals surface area contributed by atoms with E-state index in [-0.39, 0.29) is 5.90 Å². The monoisotopic (exact) mass is 263 g/mol. The highest BCUT2D eigenvalue weighted by atomic mass is 17.1. The van der Waals surface area contributed by atoms with Crippen LogP contribution in [-0.4, -0.2) is 36.7 Å². The molecule has 1 heterocycles. The van der Waals surface area contributed by atoms with Gasteiger partial charge in [0.05, 0.1) is 12.2 Å². The Kier molecular flexibility index (Phi) is 4.35. The molecule has 6 heteroatoms.